The van der Waals surface area contributed by atoms with Gasteiger partial charge in [-0.1, -0.05) is 46.3 Å². The summed E-state index contributed by atoms with van der Waals surface area (Å²) in [4.78, 5) is 0. The maximum absolute atomic E-state index is 10.6. The van der Waals surface area contributed by atoms with Crippen molar-refractivity contribution in [2.75, 3.05) is 0 Å². The molecule has 1 N–H and O–H groups in total. The molecule has 1 atom stereocenters. The summed E-state index contributed by atoms with van der Waals surface area (Å²) in [5.74, 6) is 0. The number of aliphatic hydroxyl groups excluding tert-OH is 1. The van der Waals surface area contributed by atoms with Gasteiger partial charge in [0.15, 0.2) is 0 Å². The lowest BCUT2D eigenvalue weighted by molar-refractivity contribution is 0.222. The Kier molecular flexibility index (Phi) is 3.93. The number of halogens is 2. The van der Waals surface area contributed by atoms with Gasteiger partial charge in [-0.15, -0.1) is 11.3 Å². The number of fused-ring (bicyclic) bond motifs is 1. The Balaban J connectivity index is 2.18. The first-order chi connectivity index (χ1) is 9.16. The predicted molar refractivity (Wildman–Crippen MR) is 92.7 cm³/mol. The number of hydrogen-bond donors (Lipinski definition) is 1. The zero-order valence-electron chi connectivity index (χ0n) is 9.81. The summed E-state index contributed by atoms with van der Waals surface area (Å²) in [6, 6.07) is 14.1. The molecule has 1 aromatic heterocycles. The highest BCUT2D eigenvalue weighted by molar-refractivity contribution is 14.1. The second-order valence-corrected chi connectivity index (χ2v) is 7.93. The molecule has 0 amide bonds. The van der Waals surface area contributed by atoms with Crippen molar-refractivity contribution in [3.8, 4) is 0 Å². The average molecular weight is 445 g/mol. The van der Waals surface area contributed by atoms with Gasteiger partial charge in [0.1, 0.15) is 6.10 Å². The predicted octanol–water partition coefficient (Wildman–Crippen LogP) is 5.35. The molecule has 3 aromatic rings. The molecule has 96 valence electrons. The maximum atomic E-state index is 10.6. The van der Waals surface area contributed by atoms with Crippen LogP contribution in [0, 0.1) is 2.88 Å². The zero-order chi connectivity index (χ0) is 13.4. The summed E-state index contributed by atoms with van der Waals surface area (Å²) in [6.07, 6.45) is -0.572. The van der Waals surface area contributed by atoms with Gasteiger partial charge in [0, 0.05) is 4.47 Å². The van der Waals surface area contributed by atoms with Gasteiger partial charge < -0.3 is 5.11 Å². The van der Waals surface area contributed by atoms with Gasteiger partial charge >= 0.3 is 0 Å². The zero-order valence-corrected chi connectivity index (χ0v) is 14.4. The van der Waals surface area contributed by atoms with E-state index in [2.05, 4.69) is 50.7 Å². The van der Waals surface area contributed by atoms with Crippen molar-refractivity contribution in [2.24, 2.45) is 0 Å². The molecule has 2 aromatic carbocycles. The number of aliphatic hydroxyl groups is 1. The summed E-state index contributed by atoms with van der Waals surface area (Å²) < 4.78 is 2.24. The molecule has 0 radical (unpaired) electrons. The molecule has 1 unspecified atom stereocenters. The molecule has 19 heavy (non-hydrogen) atoms. The van der Waals surface area contributed by atoms with Crippen molar-refractivity contribution in [1.82, 2.24) is 0 Å². The van der Waals surface area contributed by atoms with Crippen molar-refractivity contribution in [2.45, 2.75) is 6.10 Å². The van der Waals surface area contributed by atoms with E-state index in [0.717, 1.165) is 26.4 Å². The minimum absolute atomic E-state index is 0.572. The minimum atomic E-state index is -0.572. The van der Waals surface area contributed by atoms with Crippen LogP contribution in [0.1, 0.15) is 17.2 Å². The highest BCUT2D eigenvalue weighted by Crippen LogP contribution is 2.34. The third kappa shape index (κ3) is 2.59. The van der Waals surface area contributed by atoms with Crippen LogP contribution >= 0.6 is 49.9 Å². The summed E-state index contributed by atoms with van der Waals surface area (Å²) in [5.41, 5.74) is 1.91. The van der Waals surface area contributed by atoms with E-state index in [-0.39, 0.29) is 0 Å². The fourth-order valence-corrected chi connectivity index (χ4v) is 4.04. The minimum Gasteiger partial charge on any atom is -0.384 e. The lowest BCUT2D eigenvalue weighted by atomic mass is 9.97. The standard InChI is InChI=1S/C15H10BrIOS/c16-13-6-5-12(10-3-1-2-4-11(10)13)15(18)9-7-14(17)19-8-9/h1-8,15,18H. The second kappa shape index (κ2) is 5.52. The van der Waals surface area contributed by atoms with Gasteiger partial charge in [-0.25, -0.2) is 0 Å². The van der Waals surface area contributed by atoms with Gasteiger partial charge in [0.25, 0.3) is 0 Å². The van der Waals surface area contributed by atoms with Crippen LogP contribution in [0.3, 0.4) is 0 Å². The first kappa shape index (κ1) is 13.5. The molecular formula is C15H10BrIOS. The van der Waals surface area contributed by atoms with Crippen LogP contribution in [-0.4, -0.2) is 5.11 Å². The van der Waals surface area contributed by atoms with Crippen LogP contribution in [0.5, 0.6) is 0 Å². The maximum Gasteiger partial charge on any atom is 0.105 e. The SMILES string of the molecule is OC(c1csc(I)c1)c1ccc(Br)c2ccccc12. The third-order valence-corrected chi connectivity index (χ3v) is 5.60. The molecule has 0 aliphatic heterocycles. The van der Waals surface area contributed by atoms with E-state index in [9.17, 15) is 5.11 Å². The van der Waals surface area contributed by atoms with E-state index in [1.165, 1.54) is 2.88 Å². The van der Waals surface area contributed by atoms with Gasteiger partial charge in [0.2, 0.25) is 0 Å². The molecule has 0 fully saturated rings. The Hall–Kier alpha value is -0.430. The molecule has 3 rings (SSSR count). The number of hydrogen-bond acceptors (Lipinski definition) is 2. The molecule has 0 spiro atoms. The van der Waals surface area contributed by atoms with Gasteiger partial charge in [-0.05, 0) is 62.0 Å². The van der Waals surface area contributed by atoms with Gasteiger partial charge in [-0.3, -0.25) is 0 Å². The molecule has 1 heterocycles. The lowest BCUT2D eigenvalue weighted by Crippen LogP contribution is -1.99. The first-order valence-corrected chi connectivity index (χ1v) is 8.51. The second-order valence-electron chi connectivity index (χ2n) is 4.27. The third-order valence-electron chi connectivity index (χ3n) is 3.10. The van der Waals surface area contributed by atoms with E-state index in [1.807, 2.05) is 35.7 Å². The summed E-state index contributed by atoms with van der Waals surface area (Å²) >= 11 is 7.49. The summed E-state index contributed by atoms with van der Waals surface area (Å²) in [6.45, 7) is 0. The summed E-state index contributed by atoms with van der Waals surface area (Å²) in [7, 11) is 0. The Morgan fingerprint density at radius 1 is 1.11 bits per heavy atom. The highest BCUT2D eigenvalue weighted by atomic mass is 127. The van der Waals surface area contributed by atoms with Crippen LogP contribution in [0.4, 0.5) is 0 Å². The fraction of sp³-hybridized carbons (Fsp3) is 0.0667. The van der Waals surface area contributed by atoms with Crippen LogP contribution < -0.4 is 0 Å². The van der Waals surface area contributed by atoms with Gasteiger partial charge in [0.05, 0.1) is 2.88 Å². The van der Waals surface area contributed by atoms with Crippen LogP contribution in [-0.2, 0) is 0 Å². The largest absolute Gasteiger partial charge is 0.384 e. The monoisotopic (exact) mass is 444 g/mol. The van der Waals surface area contributed by atoms with Crippen molar-refractivity contribution in [3.05, 3.63) is 66.3 Å². The fourth-order valence-electron chi connectivity index (χ4n) is 2.17. The average Bonchev–Trinajstić information content (AvgIpc) is 2.86. The Morgan fingerprint density at radius 3 is 2.53 bits per heavy atom. The molecule has 4 heteroatoms. The van der Waals surface area contributed by atoms with E-state index in [1.54, 1.807) is 11.3 Å². The Bertz CT molecular complexity index is 738. The molecule has 0 aliphatic carbocycles. The van der Waals surface area contributed by atoms with Crippen molar-refractivity contribution >= 4 is 60.6 Å². The van der Waals surface area contributed by atoms with Crippen molar-refractivity contribution in [3.63, 3.8) is 0 Å². The highest BCUT2D eigenvalue weighted by Gasteiger charge is 2.15. The van der Waals surface area contributed by atoms with Crippen LogP contribution in [0.15, 0.2) is 52.3 Å². The quantitative estimate of drug-likeness (QED) is 0.528. The molecule has 1 nitrogen and oxygen atoms in total. The van der Waals surface area contributed by atoms with E-state index in [0.29, 0.717) is 0 Å². The first-order valence-electron chi connectivity index (χ1n) is 5.76. The lowest BCUT2D eigenvalue weighted by Gasteiger charge is -2.13. The Labute approximate surface area is 137 Å². The molecule has 0 saturated heterocycles. The smallest absolute Gasteiger partial charge is 0.105 e. The van der Waals surface area contributed by atoms with Crippen LogP contribution in [0.2, 0.25) is 0 Å². The molecule has 0 saturated carbocycles. The van der Waals surface area contributed by atoms with Crippen molar-refractivity contribution < 1.29 is 5.11 Å². The van der Waals surface area contributed by atoms with E-state index in [4.69, 9.17) is 0 Å². The van der Waals surface area contributed by atoms with Crippen LogP contribution in [0.25, 0.3) is 10.8 Å². The normalized spacial score (nSPS) is 12.8. The molecule has 0 aliphatic rings. The number of thiophene rings is 1. The number of benzene rings is 2. The van der Waals surface area contributed by atoms with Gasteiger partial charge in [-0.2, -0.15) is 0 Å². The van der Waals surface area contributed by atoms with E-state index >= 15 is 0 Å². The summed E-state index contributed by atoms with van der Waals surface area (Å²) in [5, 5.41) is 14.8. The Morgan fingerprint density at radius 2 is 1.84 bits per heavy atom. The van der Waals surface area contributed by atoms with Crippen molar-refractivity contribution in [1.29, 1.82) is 0 Å². The molecule has 0 bridgehead atoms. The van der Waals surface area contributed by atoms with E-state index < -0.39 is 6.10 Å². The topological polar surface area (TPSA) is 20.2 Å². The number of rotatable bonds is 2. The molecular weight excluding hydrogens is 435 g/mol.